The predicted octanol–water partition coefficient (Wildman–Crippen LogP) is 22.9. The van der Waals surface area contributed by atoms with Crippen molar-refractivity contribution in [2.45, 2.75) is 74.7 Å². The van der Waals surface area contributed by atoms with Crippen molar-refractivity contribution in [3.63, 3.8) is 0 Å². The Kier molecular flexibility index (Phi) is 24.4. The standard InChI is InChI=1S/C38H40O8P2.C28H27O5P.C12H10O3P/c1-25-13-26(2)18-35(17-25)43-47(39,44-36-19-27(3)14-28(4)20-36)41-33-9-11-34(12-10-33)42-48(40,45-37-21-29(5)15-30(6)22-37)46-38-23-31(7)16-32(8)24-38;1-28(2,22-14-18-24(30-3)19-15-22)23-16-20-27(21-17-23)33-34(29,31-25-10-6-4-7-11-25)32-26-12-8-5-9-13-26;13-16(14-11-7-3-1-4-8-11)15-12-9-5-2-6-10-12/h9-24H,1-8H3;4-21H,1-3H3;1-10H/q;;+1. The summed E-state index contributed by atoms with van der Waals surface area (Å²) in [5.74, 6) is 4.72. The van der Waals surface area contributed by atoms with Gasteiger partial charge < -0.3 is 45.5 Å². The first-order valence-electron chi connectivity index (χ1n) is 31.1. The molecule has 0 aliphatic rings. The van der Waals surface area contributed by atoms with Gasteiger partial charge in [0.25, 0.3) is 0 Å². The number of aryl methyl sites for hydroxylation is 8. The number of methoxy groups -OCH3 is 1. The lowest BCUT2D eigenvalue weighted by molar-refractivity contribution is 0.293. The summed E-state index contributed by atoms with van der Waals surface area (Å²) >= 11 is 0. The molecular formula is C78H77O16P4+. The molecule has 16 nitrogen and oxygen atoms in total. The van der Waals surface area contributed by atoms with Gasteiger partial charge in [-0.1, -0.05) is 135 Å². The second kappa shape index (κ2) is 33.2. The Hall–Kier alpha value is -10.2. The van der Waals surface area contributed by atoms with Gasteiger partial charge in [0.2, 0.25) is 0 Å². The molecule has 0 aliphatic heterocycles. The van der Waals surface area contributed by atoms with Gasteiger partial charge in [-0.3, -0.25) is 0 Å². The predicted molar refractivity (Wildman–Crippen MR) is 385 cm³/mol. The highest BCUT2D eigenvalue weighted by atomic mass is 31.2. The molecule has 98 heavy (non-hydrogen) atoms. The molecule has 0 aromatic heterocycles. The van der Waals surface area contributed by atoms with Gasteiger partial charge in [0, 0.05) is 9.98 Å². The molecule has 0 fully saturated rings. The van der Waals surface area contributed by atoms with E-state index in [0.717, 1.165) is 61.4 Å². The van der Waals surface area contributed by atoms with Gasteiger partial charge in [0.15, 0.2) is 11.5 Å². The van der Waals surface area contributed by atoms with Crippen LogP contribution in [0.4, 0.5) is 0 Å². The van der Waals surface area contributed by atoms with E-state index in [0.29, 0.717) is 51.7 Å². The molecule has 0 saturated carbocycles. The molecule has 0 N–H and O–H groups in total. The third-order valence-corrected chi connectivity index (χ3v) is 18.9. The fourth-order valence-corrected chi connectivity index (χ4v) is 14.4. The molecule has 0 heterocycles. The second-order valence-corrected chi connectivity index (χ2v) is 28.6. The number of hydrogen-bond acceptors (Lipinski definition) is 16. The monoisotopic (exact) mass is 1390 g/mol. The lowest BCUT2D eigenvalue weighted by atomic mass is 9.78. The summed E-state index contributed by atoms with van der Waals surface area (Å²) in [6.07, 6.45) is 0. The van der Waals surface area contributed by atoms with Gasteiger partial charge in [-0.05, 0) is 257 Å². The van der Waals surface area contributed by atoms with Gasteiger partial charge in [-0.25, -0.2) is 9.05 Å². The molecule has 504 valence electrons. The average Bonchev–Trinajstić information content (AvgIpc) is 0.833. The van der Waals surface area contributed by atoms with Gasteiger partial charge in [-0.15, -0.1) is 0 Å². The zero-order chi connectivity index (χ0) is 69.9. The van der Waals surface area contributed by atoms with Crippen molar-refractivity contribution in [2.75, 3.05) is 7.11 Å². The second-order valence-electron chi connectivity index (χ2n) is 23.5. The Labute approximate surface area is 574 Å². The number of phosphoric ester groups is 3. The normalized spacial score (nSPS) is 11.2. The van der Waals surface area contributed by atoms with E-state index in [1.165, 1.54) is 24.3 Å². The summed E-state index contributed by atoms with van der Waals surface area (Å²) < 4.78 is 122. The Morgan fingerprint density at radius 1 is 0.255 bits per heavy atom. The Balaban J connectivity index is 0.000000193. The van der Waals surface area contributed by atoms with Crippen molar-refractivity contribution < 1.29 is 72.8 Å². The van der Waals surface area contributed by atoms with Gasteiger partial charge in [0.05, 0.1) is 7.11 Å². The van der Waals surface area contributed by atoms with Crippen molar-refractivity contribution in [1.82, 2.24) is 0 Å². The van der Waals surface area contributed by atoms with Gasteiger partial charge in [0.1, 0.15) is 57.5 Å². The molecule has 11 rings (SSSR count). The van der Waals surface area contributed by atoms with E-state index in [1.807, 2.05) is 128 Å². The van der Waals surface area contributed by atoms with E-state index in [1.54, 1.807) is 165 Å². The van der Waals surface area contributed by atoms with E-state index in [4.69, 9.17) is 54.5 Å². The fraction of sp³-hybridized carbons (Fsp3) is 0.154. The highest BCUT2D eigenvalue weighted by Gasteiger charge is 2.37. The molecule has 0 amide bonds. The molecular weight excluding hydrogens is 1320 g/mol. The maximum Gasteiger partial charge on any atom is 0.805 e. The maximum absolute atomic E-state index is 14.2. The molecule has 0 aliphatic carbocycles. The molecule has 0 saturated heterocycles. The topological polar surface area (TPSA) is 179 Å². The van der Waals surface area contributed by atoms with Crippen LogP contribution in [0.25, 0.3) is 0 Å². The minimum absolute atomic E-state index is 0.166. The van der Waals surface area contributed by atoms with Crippen LogP contribution in [-0.2, 0) is 23.7 Å². The molecule has 20 heteroatoms. The Bertz CT molecular complexity index is 4150. The maximum atomic E-state index is 14.2. The van der Waals surface area contributed by atoms with E-state index >= 15 is 0 Å². The summed E-state index contributed by atoms with van der Waals surface area (Å²) in [5, 5.41) is 0. The molecule has 0 radical (unpaired) electrons. The van der Waals surface area contributed by atoms with Crippen LogP contribution in [0.1, 0.15) is 69.5 Å². The van der Waals surface area contributed by atoms with E-state index < -0.39 is 31.7 Å². The smallest absolute Gasteiger partial charge is 0.497 e. The van der Waals surface area contributed by atoms with E-state index in [9.17, 15) is 18.3 Å². The van der Waals surface area contributed by atoms with Crippen molar-refractivity contribution in [3.8, 4) is 69.0 Å². The summed E-state index contributed by atoms with van der Waals surface area (Å²) in [6, 6.07) is 79.0. The molecule has 0 unspecified atom stereocenters. The molecule has 0 spiro atoms. The van der Waals surface area contributed by atoms with Crippen molar-refractivity contribution in [1.29, 1.82) is 0 Å². The van der Waals surface area contributed by atoms with Crippen molar-refractivity contribution >= 4 is 31.7 Å². The summed E-state index contributed by atoms with van der Waals surface area (Å²) in [6.45, 7) is 19.6. The van der Waals surface area contributed by atoms with E-state index in [2.05, 4.69) is 26.0 Å². The Morgan fingerprint density at radius 3 is 0.684 bits per heavy atom. The molecule has 0 atom stereocenters. The SMILES string of the molecule is COc1ccc(C(C)(C)c2ccc(OP(=O)(Oc3ccccc3)Oc3ccccc3)cc2)cc1.Cc1cc(C)cc(OP(=O)(Oc2ccc(OP(=O)(Oc3cc(C)cc(C)c3)Oc3cc(C)cc(C)c3)cc2)Oc2cc(C)cc(C)c2)c1.O=[P+](Oc1ccccc1)Oc1ccccc1. The first-order valence-corrected chi connectivity index (χ1v) is 36.6. The first kappa shape index (κ1) is 72.1. The van der Waals surface area contributed by atoms with Crippen LogP contribution in [0, 0.1) is 55.4 Å². The summed E-state index contributed by atoms with van der Waals surface area (Å²) in [4.78, 5) is 0. The highest BCUT2D eigenvalue weighted by molar-refractivity contribution is 7.50. The minimum atomic E-state index is -4.28. The van der Waals surface area contributed by atoms with Crippen molar-refractivity contribution in [3.05, 3.63) is 323 Å². The third kappa shape index (κ3) is 22.2. The number of phosphoric acid groups is 3. The zero-order valence-electron chi connectivity index (χ0n) is 56.2. The van der Waals surface area contributed by atoms with Gasteiger partial charge >= 0.3 is 31.7 Å². The van der Waals surface area contributed by atoms with Crippen molar-refractivity contribution in [2.24, 2.45) is 0 Å². The van der Waals surface area contributed by atoms with Crippen LogP contribution in [0.2, 0.25) is 0 Å². The van der Waals surface area contributed by atoms with Gasteiger partial charge in [-0.2, -0.15) is 13.7 Å². The van der Waals surface area contributed by atoms with Crippen LogP contribution >= 0.6 is 31.7 Å². The van der Waals surface area contributed by atoms with Crippen LogP contribution < -0.4 is 54.5 Å². The molecule has 11 aromatic rings. The fourth-order valence-electron chi connectivity index (χ4n) is 10.1. The minimum Gasteiger partial charge on any atom is -0.497 e. The lowest BCUT2D eigenvalue weighted by Gasteiger charge is -2.26. The third-order valence-electron chi connectivity index (χ3n) is 14.3. The highest BCUT2D eigenvalue weighted by Crippen LogP contribution is 2.54. The lowest BCUT2D eigenvalue weighted by Crippen LogP contribution is -2.18. The summed E-state index contributed by atoms with van der Waals surface area (Å²) in [5.41, 5.74) is 9.41. The Morgan fingerprint density at radius 2 is 0.449 bits per heavy atom. The number of para-hydroxylation sites is 4. The quantitative estimate of drug-likeness (QED) is 0.0493. The zero-order valence-corrected chi connectivity index (χ0v) is 59.8. The number of ether oxygens (including phenoxy) is 1. The number of hydrogen-bond donors (Lipinski definition) is 0. The molecule has 0 bridgehead atoms. The first-order chi connectivity index (χ1) is 46.8. The number of benzene rings is 11. The molecule has 11 aromatic carbocycles. The largest absolute Gasteiger partial charge is 0.805 e. The summed E-state index contributed by atoms with van der Waals surface area (Å²) in [7, 11) is -13.1. The van der Waals surface area contributed by atoms with E-state index in [-0.39, 0.29) is 16.9 Å². The number of rotatable bonds is 25. The van der Waals surface area contributed by atoms with Crippen LogP contribution in [0.5, 0.6) is 69.0 Å². The van der Waals surface area contributed by atoms with Crippen LogP contribution in [0.3, 0.4) is 0 Å². The van der Waals surface area contributed by atoms with Crippen LogP contribution in [-0.4, -0.2) is 7.11 Å². The average molecular weight is 1390 g/mol. The van der Waals surface area contributed by atoms with Crippen LogP contribution in [0.15, 0.2) is 267 Å².